The third-order valence-corrected chi connectivity index (χ3v) is 7.82. The first-order valence-corrected chi connectivity index (χ1v) is 14.0. The Labute approximate surface area is 217 Å². The number of methoxy groups -OCH3 is 1. The van der Waals surface area contributed by atoms with Gasteiger partial charge in [0.15, 0.2) is 8.30 Å². The molecule has 1 heterocycles. The van der Waals surface area contributed by atoms with E-state index in [4.69, 9.17) is 18.7 Å². The summed E-state index contributed by atoms with van der Waals surface area (Å²) in [5.41, 5.74) is 1.02. The molecule has 7 nitrogen and oxygen atoms in total. The fraction of sp³-hybridized carbons (Fsp3) is 0.333. The van der Waals surface area contributed by atoms with Gasteiger partial charge in [-0.05, 0) is 54.1 Å². The molecule has 0 amide bonds. The molecule has 0 aliphatic rings. The van der Waals surface area contributed by atoms with E-state index in [1.807, 2.05) is 61.5 Å². The van der Waals surface area contributed by atoms with Gasteiger partial charge in [0.2, 0.25) is 0 Å². The Balaban J connectivity index is 1.81. The van der Waals surface area contributed by atoms with E-state index in [0.717, 1.165) is 22.1 Å². The maximum absolute atomic E-state index is 12.7. The van der Waals surface area contributed by atoms with E-state index in [2.05, 4.69) is 11.7 Å². The Morgan fingerprint density at radius 2 is 1.92 bits per heavy atom. The SMILES string of the molecule is C=CCOC(=O)c1cc2cc(CP(NC(CCOC)C(=O)OCCC)Oc3ccccc3)ccc2s1. The van der Waals surface area contributed by atoms with E-state index in [-0.39, 0.29) is 18.5 Å². The zero-order chi connectivity index (χ0) is 25.8. The van der Waals surface area contributed by atoms with Gasteiger partial charge in [0.1, 0.15) is 23.3 Å². The van der Waals surface area contributed by atoms with E-state index in [1.165, 1.54) is 11.3 Å². The number of nitrogens with one attached hydrogen (secondary N) is 1. The largest absolute Gasteiger partial charge is 0.465 e. The summed E-state index contributed by atoms with van der Waals surface area (Å²) < 4.78 is 23.1. The third kappa shape index (κ3) is 8.42. The van der Waals surface area contributed by atoms with E-state index in [1.54, 1.807) is 13.2 Å². The van der Waals surface area contributed by atoms with Crippen LogP contribution < -0.4 is 9.61 Å². The highest BCUT2D eigenvalue weighted by Gasteiger charge is 2.25. The lowest BCUT2D eigenvalue weighted by atomic mass is 10.2. The molecule has 1 aromatic heterocycles. The molecule has 9 heteroatoms. The minimum absolute atomic E-state index is 0.177. The number of fused-ring (bicyclic) bond motifs is 1. The van der Waals surface area contributed by atoms with Crippen molar-refractivity contribution in [2.75, 3.05) is 26.9 Å². The molecular formula is C27H32NO6PS. The second-order valence-electron chi connectivity index (χ2n) is 7.94. The number of esters is 2. The lowest BCUT2D eigenvalue weighted by Gasteiger charge is -2.25. The Bertz CT molecular complexity index is 1140. The molecule has 0 saturated heterocycles. The van der Waals surface area contributed by atoms with Crippen LogP contribution in [0.3, 0.4) is 0 Å². The first-order chi connectivity index (χ1) is 17.5. The molecule has 0 aliphatic carbocycles. The first-order valence-electron chi connectivity index (χ1n) is 11.8. The number of ether oxygens (including phenoxy) is 3. The van der Waals surface area contributed by atoms with Gasteiger partial charge in [0.05, 0.1) is 6.61 Å². The maximum Gasteiger partial charge on any atom is 0.348 e. The van der Waals surface area contributed by atoms with Crippen LogP contribution in [-0.2, 0) is 25.2 Å². The summed E-state index contributed by atoms with van der Waals surface area (Å²) in [6.07, 6.45) is 3.32. The molecule has 1 N–H and O–H groups in total. The average Bonchev–Trinajstić information content (AvgIpc) is 3.32. The molecule has 0 saturated carbocycles. The van der Waals surface area contributed by atoms with Gasteiger partial charge in [0, 0.05) is 24.6 Å². The molecule has 3 aromatic rings. The second-order valence-corrected chi connectivity index (χ2v) is 10.5. The van der Waals surface area contributed by atoms with Gasteiger partial charge in [-0.2, -0.15) is 0 Å². The molecule has 0 radical (unpaired) electrons. The van der Waals surface area contributed by atoms with Crippen molar-refractivity contribution in [1.29, 1.82) is 0 Å². The summed E-state index contributed by atoms with van der Waals surface area (Å²) in [6, 6.07) is 16.9. The molecule has 2 atom stereocenters. The molecule has 36 heavy (non-hydrogen) atoms. The van der Waals surface area contributed by atoms with Crippen molar-refractivity contribution in [2.45, 2.75) is 32.0 Å². The third-order valence-electron chi connectivity index (χ3n) is 5.04. The fourth-order valence-corrected chi connectivity index (χ4v) is 5.96. The lowest BCUT2D eigenvalue weighted by molar-refractivity contribution is -0.146. The van der Waals surface area contributed by atoms with Gasteiger partial charge in [-0.1, -0.05) is 43.8 Å². The summed E-state index contributed by atoms with van der Waals surface area (Å²) in [7, 11) is 0.315. The number of thiophene rings is 1. The molecule has 0 spiro atoms. The van der Waals surface area contributed by atoms with Crippen LogP contribution in [0.5, 0.6) is 5.75 Å². The predicted molar refractivity (Wildman–Crippen MR) is 145 cm³/mol. The van der Waals surface area contributed by atoms with Crippen molar-refractivity contribution in [3.63, 3.8) is 0 Å². The average molecular weight is 530 g/mol. The number of benzene rings is 2. The predicted octanol–water partition coefficient (Wildman–Crippen LogP) is 6.08. The quantitative estimate of drug-likeness (QED) is 0.145. The van der Waals surface area contributed by atoms with Crippen LogP contribution in [0.15, 0.2) is 67.3 Å². The van der Waals surface area contributed by atoms with Gasteiger partial charge in [-0.25, -0.2) is 9.88 Å². The van der Waals surface area contributed by atoms with E-state index < -0.39 is 14.3 Å². The Morgan fingerprint density at radius 3 is 2.64 bits per heavy atom. The molecule has 2 unspecified atom stereocenters. The van der Waals surface area contributed by atoms with Crippen LogP contribution in [0.1, 0.15) is 35.0 Å². The van der Waals surface area contributed by atoms with Crippen molar-refractivity contribution >= 4 is 41.7 Å². The van der Waals surface area contributed by atoms with Crippen LogP contribution in [0.25, 0.3) is 10.1 Å². The van der Waals surface area contributed by atoms with Gasteiger partial charge in [-0.15, -0.1) is 11.3 Å². The van der Waals surface area contributed by atoms with Gasteiger partial charge in [-0.3, -0.25) is 4.79 Å². The zero-order valence-electron chi connectivity index (χ0n) is 20.6. The second kappa shape index (κ2) is 14.7. The highest BCUT2D eigenvalue weighted by Crippen LogP contribution is 2.40. The lowest BCUT2D eigenvalue weighted by Crippen LogP contribution is -2.37. The minimum Gasteiger partial charge on any atom is -0.465 e. The molecule has 192 valence electrons. The van der Waals surface area contributed by atoms with Crippen molar-refractivity contribution in [2.24, 2.45) is 0 Å². The number of para-hydroxylation sites is 1. The highest BCUT2D eigenvalue weighted by molar-refractivity contribution is 7.50. The van der Waals surface area contributed by atoms with Crippen LogP contribution in [0.4, 0.5) is 0 Å². The van der Waals surface area contributed by atoms with E-state index in [9.17, 15) is 9.59 Å². The Kier molecular flexibility index (Phi) is 11.4. The summed E-state index contributed by atoms with van der Waals surface area (Å²) in [6.45, 7) is 6.50. The van der Waals surface area contributed by atoms with E-state index >= 15 is 0 Å². The van der Waals surface area contributed by atoms with Gasteiger partial charge < -0.3 is 18.7 Å². The van der Waals surface area contributed by atoms with Crippen molar-refractivity contribution < 1.29 is 28.3 Å². The number of hydrogen-bond donors (Lipinski definition) is 1. The van der Waals surface area contributed by atoms with Crippen molar-refractivity contribution in [3.8, 4) is 5.75 Å². The monoisotopic (exact) mass is 529 g/mol. The van der Waals surface area contributed by atoms with Crippen LogP contribution in [0.2, 0.25) is 0 Å². The summed E-state index contributed by atoms with van der Waals surface area (Å²) in [5.74, 6) is 0.0435. The Morgan fingerprint density at radius 1 is 1.11 bits per heavy atom. The van der Waals surface area contributed by atoms with Crippen LogP contribution in [-0.4, -0.2) is 44.9 Å². The van der Waals surface area contributed by atoms with Crippen molar-refractivity contribution in [3.05, 3.63) is 77.7 Å². The fourth-order valence-electron chi connectivity index (χ4n) is 3.32. The number of hydrogen-bond acceptors (Lipinski definition) is 8. The molecule has 0 fully saturated rings. The van der Waals surface area contributed by atoms with Crippen molar-refractivity contribution in [1.82, 2.24) is 5.09 Å². The highest BCUT2D eigenvalue weighted by atomic mass is 32.1. The smallest absolute Gasteiger partial charge is 0.348 e. The number of rotatable bonds is 15. The minimum atomic E-state index is -1.29. The van der Waals surface area contributed by atoms with E-state index in [0.29, 0.717) is 36.4 Å². The summed E-state index contributed by atoms with van der Waals surface area (Å²) >= 11 is 1.39. The molecule has 3 rings (SSSR count). The molecular weight excluding hydrogens is 497 g/mol. The van der Waals surface area contributed by atoms with Crippen LogP contribution >= 0.6 is 19.6 Å². The first kappa shape index (κ1) is 27.8. The maximum atomic E-state index is 12.7. The van der Waals surface area contributed by atoms with Gasteiger partial charge in [0.25, 0.3) is 0 Å². The van der Waals surface area contributed by atoms with Gasteiger partial charge >= 0.3 is 11.9 Å². The number of carbonyl (C=O) groups is 2. The Hall–Kier alpha value is -2.77. The standard InChI is InChI=1S/C27H32NO6PS/c1-4-14-32-26(29)23(13-16-31-3)28-35(34-22-9-7-6-8-10-22)19-20-11-12-24-21(17-20)18-25(36-24)27(30)33-15-5-2/h5-12,17-18,23,28H,2,4,13-16,19H2,1,3H3. The number of carbonyl (C=O) groups excluding carboxylic acids is 2. The topological polar surface area (TPSA) is 83.1 Å². The normalized spacial score (nSPS) is 12.6. The summed E-state index contributed by atoms with van der Waals surface area (Å²) in [4.78, 5) is 25.5. The zero-order valence-corrected chi connectivity index (χ0v) is 22.3. The van der Waals surface area contributed by atoms with Crippen LogP contribution in [0, 0.1) is 0 Å². The molecule has 2 aromatic carbocycles. The summed E-state index contributed by atoms with van der Waals surface area (Å²) in [5, 5.41) is 4.35. The molecule has 0 bridgehead atoms. The molecule has 0 aliphatic heterocycles.